The zero-order valence-electron chi connectivity index (χ0n) is 12.6. The van der Waals surface area contributed by atoms with Crippen molar-refractivity contribution < 1.29 is 28.7 Å². The topological polar surface area (TPSA) is 12.8 Å². The van der Waals surface area contributed by atoms with E-state index in [0.29, 0.717) is 0 Å². The fourth-order valence-electron chi connectivity index (χ4n) is 3.15. The van der Waals surface area contributed by atoms with Gasteiger partial charge in [-0.2, -0.15) is 0 Å². The van der Waals surface area contributed by atoms with Crippen molar-refractivity contribution in [3.63, 3.8) is 0 Å². The SMILES string of the molecule is C[As]1(c2ccc(Cl)cc2)c2ccccc2[OH+]c2ccccc21.[I-]. The number of benzene rings is 3. The van der Waals surface area contributed by atoms with Gasteiger partial charge in [0.2, 0.25) is 0 Å². The Morgan fingerprint density at radius 2 is 1.22 bits per heavy atom. The summed E-state index contributed by atoms with van der Waals surface area (Å²) in [6, 6.07) is 25.5. The molecule has 3 aromatic rings. The summed E-state index contributed by atoms with van der Waals surface area (Å²) in [6.07, 6.45) is 0. The molecule has 1 nitrogen and oxygen atoms in total. The maximum absolute atomic E-state index is 6.10. The van der Waals surface area contributed by atoms with E-state index in [2.05, 4.69) is 66.4 Å². The molecule has 0 atom stereocenters. The fourth-order valence-corrected chi connectivity index (χ4v) is 10.6. The molecule has 1 radical (unpaired) electrons. The maximum atomic E-state index is 6.10. The Morgan fingerprint density at radius 3 is 1.74 bits per heavy atom. The van der Waals surface area contributed by atoms with Crippen LogP contribution in [0.25, 0.3) is 0 Å². The number of aromatic hydroxyl groups is 2. The average molecular weight is 498 g/mol. The summed E-state index contributed by atoms with van der Waals surface area (Å²) in [5.41, 5.74) is 2.44. The van der Waals surface area contributed by atoms with Crippen LogP contribution in [-0.4, -0.2) is 18.3 Å². The van der Waals surface area contributed by atoms with Crippen LogP contribution in [0.1, 0.15) is 0 Å². The molecule has 0 saturated carbocycles. The Bertz CT molecular complexity index is 802. The van der Waals surface area contributed by atoms with Crippen LogP contribution in [0, 0.1) is 0 Å². The number of ether oxygens (including phenoxy) is 1. The van der Waals surface area contributed by atoms with Crippen molar-refractivity contribution in [1.82, 2.24) is 0 Å². The van der Waals surface area contributed by atoms with E-state index in [9.17, 15) is 0 Å². The van der Waals surface area contributed by atoms with Crippen LogP contribution >= 0.6 is 11.6 Å². The first-order valence-electron chi connectivity index (χ1n) is 7.23. The van der Waals surface area contributed by atoms with E-state index in [4.69, 9.17) is 16.3 Å². The normalized spacial score (nSPS) is 14.0. The Morgan fingerprint density at radius 1 is 0.739 bits per heavy atom. The van der Waals surface area contributed by atoms with Gasteiger partial charge >= 0.3 is 138 Å². The van der Waals surface area contributed by atoms with Crippen molar-refractivity contribution in [3.8, 4) is 11.5 Å². The predicted octanol–water partition coefficient (Wildman–Crippen LogP) is 0.412. The first kappa shape index (κ1) is 16.9. The second-order valence-electron chi connectivity index (χ2n) is 5.57. The van der Waals surface area contributed by atoms with Crippen LogP contribution < -0.4 is 37.0 Å². The summed E-state index contributed by atoms with van der Waals surface area (Å²) < 4.78 is 9.07. The van der Waals surface area contributed by atoms with Gasteiger partial charge in [-0.3, -0.25) is 0 Å². The molecule has 0 fully saturated rings. The van der Waals surface area contributed by atoms with Crippen LogP contribution in [0.3, 0.4) is 0 Å². The number of rotatable bonds is 1. The number of fused-ring (bicyclic) bond motifs is 2. The molecule has 117 valence electrons. The quantitative estimate of drug-likeness (QED) is 0.263. The molecule has 0 aliphatic carbocycles. The van der Waals surface area contributed by atoms with Gasteiger partial charge in [0.1, 0.15) is 0 Å². The molecule has 1 N–H and O–H groups in total. The third-order valence-corrected chi connectivity index (χ3v) is 13.0. The van der Waals surface area contributed by atoms with Crippen LogP contribution in [0.4, 0.5) is 0 Å². The van der Waals surface area contributed by atoms with Gasteiger partial charge in [-0.1, -0.05) is 0 Å². The van der Waals surface area contributed by atoms with Gasteiger partial charge in [0.25, 0.3) is 0 Å². The zero-order valence-corrected chi connectivity index (χ0v) is 17.4. The van der Waals surface area contributed by atoms with Gasteiger partial charge in [-0.05, 0) is 0 Å². The van der Waals surface area contributed by atoms with Crippen LogP contribution in [-0.2, 0) is 0 Å². The number of para-hydroxylation sites is 2. The van der Waals surface area contributed by atoms with E-state index in [1.165, 1.54) is 13.1 Å². The third kappa shape index (κ3) is 2.71. The van der Waals surface area contributed by atoms with E-state index < -0.39 is 13.6 Å². The molecule has 0 spiro atoms. The van der Waals surface area contributed by atoms with Gasteiger partial charge in [-0.25, -0.2) is 0 Å². The second kappa shape index (κ2) is 6.50. The number of halogens is 2. The molecule has 4 rings (SSSR count). The maximum Gasteiger partial charge on any atom is -1.00 e. The van der Waals surface area contributed by atoms with E-state index in [1.807, 2.05) is 12.1 Å². The first-order valence-corrected chi connectivity index (χ1v) is 12.3. The average Bonchev–Trinajstić information content (AvgIpc) is 2.56. The largest absolute Gasteiger partial charge is 1.00 e. The fraction of sp³-hybridized carbons (Fsp3) is 0.0526. The van der Waals surface area contributed by atoms with E-state index in [1.54, 1.807) is 0 Å². The molecule has 4 heteroatoms. The Balaban J connectivity index is 0.00000156. The predicted molar refractivity (Wildman–Crippen MR) is 96.0 cm³/mol. The van der Waals surface area contributed by atoms with Crippen molar-refractivity contribution in [2.24, 2.45) is 0 Å². The van der Waals surface area contributed by atoms with Crippen molar-refractivity contribution in [2.75, 3.05) is 0 Å². The summed E-state index contributed by atoms with van der Waals surface area (Å²) in [4.78, 5) is 0. The molecule has 0 bridgehead atoms. The second-order valence-corrected chi connectivity index (χ2v) is 13.3. The summed E-state index contributed by atoms with van der Waals surface area (Å²) in [7, 11) is 0. The minimum atomic E-state index is -2.46. The standard InChI is InChI=1S/C19H15AsClO.HI/c1-20(14-10-12-15(21)13-11-14)16-6-2-4-8-18(16)22-19-9-5-3-7-17(19)20;/h2-13H,1H3;1H. The molecule has 23 heavy (non-hydrogen) atoms. The number of hydrogen-bond donors (Lipinski definition) is 0. The molecule has 0 amide bonds. The van der Waals surface area contributed by atoms with Crippen LogP contribution in [0.15, 0.2) is 72.8 Å². The molecular weight excluding hydrogens is 481 g/mol. The summed E-state index contributed by atoms with van der Waals surface area (Å²) >= 11 is 3.64. The summed E-state index contributed by atoms with van der Waals surface area (Å²) in [5, 5.41) is 0.786. The number of hydrogen-bond acceptors (Lipinski definition) is 0. The molecular formula is C19H16AsClIO. The monoisotopic (exact) mass is 497 g/mol. The minimum absolute atomic E-state index is 0. The minimum Gasteiger partial charge on any atom is -1.00 e. The zero-order chi connectivity index (χ0) is 15.2. The Hall–Kier alpha value is -0.962. The van der Waals surface area contributed by atoms with Gasteiger partial charge in [0, 0.05) is 0 Å². The van der Waals surface area contributed by atoms with Crippen molar-refractivity contribution in [2.45, 2.75) is 5.71 Å². The molecule has 1 aliphatic rings. The van der Waals surface area contributed by atoms with E-state index >= 15 is 0 Å². The van der Waals surface area contributed by atoms with Crippen LogP contribution in [0.2, 0.25) is 10.7 Å². The van der Waals surface area contributed by atoms with Crippen molar-refractivity contribution in [1.29, 1.82) is 0 Å². The Kier molecular flexibility index (Phi) is 4.77. The smallest absolute Gasteiger partial charge is 1.00 e. The van der Waals surface area contributed by atoms with Crippen molar-refractivity contribution >= 4 is 38.2 Å². The molecule has 0 aromatic heterocycles. The van der Waals surface area contributed by atoms with Gasteiger partial charge in [-0.15, -0.1) is 0 Å². The molecule has 0 saturated heterocycles. The molecule has 1 aliphatic heterocycles. The van der Waals surface area contributed by atoms with Gasteiger partial charge in [0.15, 0.2) is 0 Å². The molecule has 3 aromatic carbocycles. The van der Waals surface area contributed by atoms with Crippen LogP contribution in [0.5, 0.6) is 11.5 Å². The summed E-state index contributed by atoms with van der Waals surface area (Å²) in [5.74, 6) is 2.23. The van der Waals surface area contributed by atoms with Crippen molar-refractivity contribution in [3.05, 3.63) is 77.8 Å². The summed E-state index contributed by atoms with van der Waals surface area (Å²) in [6.45, 7) is 0. The Labute approximate surface area is 161 Å². The van der Waals surface area contributed by atoms with E-state index in [-0.39, 0.29) is 24.0 Å². The van der Waals surface area contributed by atoms with Gasteiger partial charge in [0.05, 0.1) is 0 Å². The third-order valence-electron chi connectivity index (χ3n) is 4.31. The van der Waals surface area contributed by atoms with E-state index in [0.717, 1.165) is 16.5 Å². The molecule has 0 unspecified atom stereocenters. The first-order chi connectivity index (χ1) is 10.7. The van der Waals surface area contributed by atoms with Gasteiger partial charge < -0.3 is 24.0 Å². The molecule has 1 heterocycles.